The van der Waals surface area contributed by atoms with Gasteiger partial charge in [0, 0.05) is 47.3 Å². The Morgan fingerprint density at radius 1 is 1.08 bits per heavy atom. The fraction of sp³-hybridized carbons (Fsp3) is 0.200. The number of aromatic nitrogens is 5. The zero-order valence-electron chi connectivity index (χ0n) is 14.2. The zero-order chi connectivity index (χ0) is 17.3. The van der Waals surface area contributed by atoms with Crippen molar-refractivity contribution < 1.29 is 0 Å². The number of fused-ring (bicyclic) bond motifs is 2. The summed E-state index contributed by atoms with van der Waals surface area (Å²) in [6.07, 6.45) is 10.4. The number of pyridine rings is 2. The van der Waals surface area contributed by atoms with Crippen molar-refractivity contribution in [2.75, 3.05) is 5.32 Å². The molecule has 1 aliphatic rings. The van der Waals surface area contributed by atoms with Crippen LogP contribution in [0.3, 0.4) is 0 Å². The molecule has 4 heterocycles. The number of H-pyrrole nitrogens is 1. The van der Waals surface area contributed by atoms with Crippen LogP contribution in [0, 0.1) is 0 Å². The van der Waals surface area contributed by atoms with Crippen LogP contribution in [0.25, 0.3) is 22.3 Å². The largest absolute Gasteiger partial charge is 0.366 e. The van der Waals surface area contributed by atoms with Crippen molar-refractivity contribution in [1.29, 1.82) is 0 Å². The maximum Gasteiger partial charge on any atom is 0.140 e. The molecule has 128 valence electrons. The third-order valence-electron chi connectivity index (χ3n) is 4.88. The molecule has 0 spiro atoms. The average Bonchev–Trinajstić information content (AvgIpc) is 3.35. The highest BCUT2D eigenvalue weighted by atomic mass is 15.0. The number of nitrogens with one attached hydrogen (secondary N) is 2. The van der Waals surface area contributed by atoms with Gasteiger partial charge in [-0.15, -0.1) is 0 Å². The molecule has 0 saturated carbocycles. The predicted octanol–water partition coefficient (Wildman–Crippen LogP) is 3.52. The number of hydrogen-bond donors (Lipinski definition) is 2. The van der Waals surface area contributed by atoms with Gasteiger partial charge < -0.3 is 10.3 Å². The number of hydrogen-bond acceptors (Lipinski definition) is 5. The number of anilines is 1. The molecule has 0 bridgehead atoms. The van der Waals surface area contributed by atoms with Crippen LogP contribution in [0.4, 0.5) is 5.82 Å². The third kappa shape index (κ3) is 2.60. The molecular formula is C20H18N6. The summed E-state index contributed by atoms with van der Waals surface area (Å²) < 4.78 is 0. The molecular weight excluding hydrogens is 324 g/mol. The Labute approximate surface area is 150 Å². The summed E-state index contributed by atoms with van der Waals surface area (Å²) in [5.74, 6) is 0.831. The van der Waals surface area contributed by atoms with Crippen LogP contribution < -0.4 is 5.32 Å². The molecule has 26 heavy (non-hydrogen) atoms. The molecule has 0 atom stereocenters. The van der Waals surface area contributed by atoms with Gasteiger partial charge in [-0.05, 0) is 49.1 Å². The van der Waals surface area contributed by atoms with Crippen LogP contribution in [-0.2, 0) is 19.4 Å². The van der Waals surface area contributed by atoms with Gasteiger partial charge in [-0.2, -0.15) is 0 Å². The van der Waals surface area contributed by atoms with Crippen LogP contribution in [-0.4, -0.2) is 24.9 Å². The van der Waals surface area contributed by atoms with Gasteiger partial charge in [-0.3, -0.25) is 4.98 Å². The molecule has 2 N–H and O–H groups in total. The van der Waals surface area contributed by atoms with Gasteiger partial charge in [0.15, 0.2) is 0 Å². The van der Waals surface area contributed by atoms with E-state index in [1.807, 2.05) is 18.3 Å². The summed E-state index contributed by atoms with van der Waals surface area (Å²) in [6, 6.07) is 8.16. The van der Waals surface area contributed by atoms with Crippen molar-refractivity contribution in [2.24, 2.45) is 0 Å². The Hall–Kier alpha value is -3.28. The van der Waals surface area contributed by atoms with E-state index < -0.39 is 0 Å². The van der Waals surface area contributed by atoms with Gasteiger partial charge in [0.1, 0.15) is 17.8 Å². The molecule has 6 heteroatoms. The van der Waals surface area contributed by atoms with E-state index in [0.717, 1.165) is 52.9 Å². The van der Waals surface area contributed by atoms with Crippen LogP contribution in [0.5, 0.6) is 0 Å². The van der Waals surface area contributed by atoms with Crippen molar-refractivity contribution in [2.45, 2.75) is 25.8 Å². The lowest BCUT2D eigenvalue weighted by Crippen LogP contribution is -2.03. The first-order chi connectivity index (χ1) is 12.9. The summed E-state index contributed by atoms with van der Waals surface area (Å²) in [5.41, 5.74) is 6.63. The molecule has 1 aliphatic carbocycles. The highest BCUT2D eigenvalue weighted by molar-refractivity contribution is 5.94. The summed E-state index contributed by atoms with van der Waals surface area (Å²) in [6.45, 7) is 0.697. The van der Waals surface area contributed by atoms with Crippen molar-refractivity contribution in [1.82, 2.24) is 24.9 Å². The molecule has 0 aliphatic heterocycles. The zero-order valence-corrected chi connectivity index (χ0v) is 14.2. The maximum absolute atomic E-state index is 4.70. The summed E-state index contributed by atoms with van der Waals surface area (Å²) in [7, 11) is 0. The highest BCUT2D eigenvalue weighted by Gasteiger charge is 2.20. The first-order valence-electron chi connectivity index (χ1n) is 8.82. The second-order valence-electron chi connectivity index (χ2n) is 6.51. The second-order valence-corrected chi connectivity index (χ2v) is 6.51. The molecule has 0 saturated heterocycles. The number of aromatic amines is 1. The molecule has 4 aromatic heterocycles. The van der Waals surface area contributed by atoms with Gasteiger partial charge in [0.2, 0.25) is 0 Å². The van der Waals surface area contributed by atoms with Crippen molar-refractivity contribution >= 4 is 16.9 Å². The molecule has 6 nitrogen and oxygen atoms in total. The number of aryl methyl sites for hydroxylation is 1. The normalized spacial score (nSPS) is 13.1. The topological polar surface area (TPSA) is 79.4 Å². The Bertz CT molecular complexity index is 1070. The van der Waals surface area contributed by atoms with E-state index in [2.05, 4.69) is 37.4 Å². The molecule has 0 amide bonds. The van der Waals surface area contributed by atoms with E-state index in [0.29, 0.717) is 6.54 Å². The molecule has 0 radical (unpaired) electrons. The van der Waals surface area contributed by atoms with Gasteiger partial charge >= 0.3 is 0 Å². The molecule has 5 rings (SSSR count). The Balaban J connectivity index is 1.57. The van der Waals surface area contributed by atoms with Gasteiger partial charge in [0.05, 0.1) is 5.69 Å². The van der Waals surface area contributed by atoms with E-state index in [1.165, 1.54) is 11.3 Å². The fourth-order valence-electron chi connectivity index (χ4n) is 3.61. The average molecular weight is 342 g/mol. The van der Waals surface area contributed by atoms with E-state index >= 15 is 0 Å². The Morgan fingerprint density at radius 3 is 2.92 bits per heavy atom. The van der Waals surface area contributed by atoms with E-state index in [-0.39, 0.29) is 0 Å². The van der Waals surface area contributed by atoms with Crippen LogP contribution in [0.15, 0.2) is 49.2 Å². The Morgan fingerprint density at radius 2 is 2.00 bits per heavy atom. The van der Waals surface area contributed by atoms with Crippen molar-refractivity contribution in [3.8, 4) is 11.3 Å². The van der Waals surface area contributed by atoms with Gasteiger partial charge in [-0.25, -0.2) is 15.0 Å². The SMILES string of the molecule is c1cc(CNc2cc(-c3ncnc4c3CCC4)c3cc[nH]c3n2)ccn1. The minimum atomic E-state index is 0.697. The lowest BCUT2D eigenvalue weighted by atomic mass is 10.0. The van der Waals surface area contributed by atoms with Crippen molar-refractivity contribution in [3.63, 3.8) is 0 Å². The lowest BCUT2D eigenvalue weighted by molar-refractivity contribution is 0.899. The minimum absolute atomic E-state index is 0.697. The van der Waals surface area contributed by atoms with Gasteiger partial charge in [0.25, 0.3) is 0 Å². The van der Waals surface area contributed by atoms with Crippen LogP contribution >= 0.6 is 0 Å². The predicted molar refractivity (Wildman–Crippen MR) is 101 cm³/mol. The monoisotopic (exact) mass is 342 g/mol. The second kappa shape index (κ2) is 6.22. The molecule has 0 fully saturated rings. The summed E-state index contributed by atoms with van der Waals surface area (Å²) in [5, 5.41) is 4.51. The van der Waals surface area contributed by atoms with Crippen molar-refractivity contribution in [3.05, 3.63) is 66.0 Å². The van der Waals surface area contributed by atoms with E-state index in [1.54, 1.807) is 18.7 Å². The first-order valence-corrected chi connectivity index (χ1v) is 8.82. The summed E-state index contributed by atoms with van der Waals surface area (Å²) >= 11 is 0. The minimum Gasteiger partial charge on any atom is -0.366 e. The standard InChI is InChI=1S/C20H18N6/c1-2-15-17(3-1)24-12-25-19(15)16-10-18(26-20-14(16)6-9-22-20)23-11-13-4-7-21-8-5-13/h4-10,12H,1-3,11H2,(H2,22,23,26). The Kier molecular flexibility index (Phi) is 3.59. The smallest absolute Gasteiger partial charge is 0.140 e. The van der Waals surface area contributed by atoms with E-state index in [4.69, 9.17) is 4.98 Å². The quantitative estimate of drug-likeness (QED) is 0.593. The highest BCUT2D eigenvalue weighted by Crippen LogP contribution is 2.34. The summed E-state index contributed by atoms with van der Waals surface area (Å²) in [4.78, 5) is 21.1. The van der Waals surface area contributed by atoms with Crippen LogP contribution in [0.1, 0.15) is 23.2 Å². The lowest BCUT2D eigenvalue weighted by Gasteiger charge is -2.11. The van der Waals surface area contributed by atoms with Crippen LogP contribution in [0.2, 0.25) is 0 Å². The first kappa shape index (κ1) is 15.0. The molecule has 4 aromatic rings. The van der Waals surface area contributed by atoms with E-state index in [9.17, 15) is 0 Å². The maximum atomic E-state index is 4.70. The fourth-order valence-corrected chi connectivity index (χ4v) is 3.61. The molecule has 0 unspecified atom stereocenters. The van der Waals surface area contributed by atoms with Gasteiger partial charge in [-0.1, -0.05) is 0 Å². The molecule has 0 aromatic carbocycles. The third-order valence-corrected chi connectivity index (χ3v) is 4.88. The number of nitrogens with zero attached hydrogens (tertiary/aromatic N) is 4. The number of rotatable bonds is 4.